The summed E-state index contributed by atoms with van der Waals surface area (Å²) in [6.45, 7) is 5.29. The van der Waals surface area contributed by atoms with E-state index in [-0.39, 0.29) is 6.04 Å². The van der Waals surface area contributed by atoms with Gasteiger partial charge in [-0.15, -0.1) is 0 Å². The van der Waals surface area contributed by atoms with Crippen LogP contribution in [0.15, 0.2) is 28.9 Å². The Hall–Kier alpha value is -1.20. The van der Waals surface area contributed by atoms with Gasteiger partial charge in [-0.3, -0.25) is 9.67 Å². The van der Waals surface area contributed by atoms with E-state index in [0.29, 0.717) is 0 Å². The lowest BCUT2D eigenvalue weighted by Gasteiger charge is -2.19. The normalized spacial score (nSPS) is 12.6. The van der Waals surface area contributed by atoms with Crippen molar-refractivity contribution in [1.82, 2.24) is 20.1 Å². The summed E-state index contributed by atoms with van der Waals surface area (Å²) in [5.74, 6) is 0. The Morgan fingerprint density at radius 3 is 2.81 bits per heavy atom. The zero-order valence-corrected chi connectivity index (χ0v) is 14.5. The molecule has 5 heteroatoms. The van der Waals surface area contributed by atoms with Crippen molar-refractivity contribution in [3.63, 3.8) is 0 Å². The second kappa shape index (κ2) is 7.71. The summed E-state index contributed by atoms with van der Waals surface area (Å²) in [7, 11) is 2.01. The van der Waals surface area contributed by atoms with Gasteiger partial charge in [-0.1, -0.05) is 13.8 Å². The summed E-state index contributed by atoms with van der Waals surface area (Å²) >= 11 is 3.61. The summed E-state index contributed by atoms with van der Waals surface area (Å²) in [5, 5.41) is 8.13. The Morgan fingerprint density at radius 1 is 1.38 bits per heavy atom. The molecule has 2 heterocycles. The molecule has 2 aromatic rings. The first-order valence-corrected chi connectivity index (χ1v) is 8.30. The largest absolute Gasteiger partial charge is 0.308 e. The van der Waals surface area contributed by atoms with Crippen molar-refractivity contribution < 1.29 is 0 Å². The molecule has 0 fully saturated rings. The molecule has 0 spiro atoms. The maximum atomic E-state index is 4.55. The number of nitrogens with one attached hydrogen (secondary N) is 1. The molecule has 1 atom stereocenters. The molecule has 0 saturated heterocycles. The highest BCUT2D eigenvalue weighted by atomic mass is 79.9. The average Bonchev–Trinajstić information content (AvgIpc) is 2.84. The van der Waals surface area contributed by atoms with Crippen molar-refractivity contribution in [2.24, 2.45) is 7.05 Å². The van der Waals surface area contributed by atoms with Crippen molar-refractivity contribution in [2.75, 3.05) is 6.54 Å². The quantitative estimate of drug-likeness (QED) is 0.831. The molecule has 2 rings (SSSR count). The van der Waals surface area contributed by atoms with Gasteiger partial charge in [0.1, 0.15) is 0 Å². The third-order valence-electron chi connectivity index (χ3n) is 3.56. The molecule has 0 amide bonds. The molecule has 21 heavy (non-hydrogen) atoms. The van der Waals surface area contributed by atoms with Gasteiger partial charge in [-0.25, -0.2) is 0 Å². The molecule has 4 nitrogen and oxygen atoms in total. The van der Waals surface area contributed by atoms with E-state index in [9.17, 15) is 0 Å². The Labute approximate surface area is 135 Å². The van der Waals surface area contributed by atoms with Gasteiger partial charge in [-0.05, 0) is 53.5 Å². The highest BCUT2D eigenvalue weighted by Crippen LogP contribution is 2.24. The molecule has 1 unspecified atom stereocenters. The van der Waals surface area contributed by atoms with Crippen molar-refractivity contribution in [3.05, 3.63) is 46.0 Å². The van der Waals surface area contributed by atoms with Crippen molar-refractivity contribution in [1.29, 1.82) is 0 Å². The molecule has 0 aliphatic heterocycles. The van der Waals surface area contributed by atoms with Crippen LogP contribution in [0.5, 0.6) is 0 Å². The number of hydrogen-bond acceptors (Lipinski definition) is 3. The van der Waals surface area contributed by atoms with Crippen molar-refractivity contribution in [3.8, 4) is 0 Å². The SMILES string of the molecule is CCCNC(Cc1cc(CC)nn1C)c1ncccc1Br. The number of pyridine rings is 1. The van der Waals surface area contributed by atoms with Crippen molar-refractivity contribution in [2.45, 2.75) is 39.2 Å². The number of aromatic nitrogens is 3. The summed E-state index contributed by atoms with van der Waals surface area (Å²) in [4.78, 5) is 4.55. The first kappa shape index (κ1) is 16.2. The van der Waals surface area contributed by atoms with Crippen LogP contribution in [0.1, 0.15) is 43.4 Å². The predicted octanol–water partition coefficient (Wildman–Crippen LogP) is 3.42. The van der Waals surface area contributed by atoms with Crippen LogP contribution in [0.3, 0.4) is 0 Å². The molecule has 114 valence electrons. The first-order valence-electron chi connectivity index (χ1n) is 7.51. The van der Waals surface area contributed by atoms with E-state index in [1.807, 2.05) is 30.1 Å². The summed E-state index contributed by atoms with van der Waals surface area (Å²) in [6, 6.07) is 6.38. The van der Waals surface area contributed by atoms with Gasteiger partial charge < -0.3 is 5.32 Å². The van der Waals surface area contributed by atoms with Gasteiger partial charge in [0.05, 0.1) is 17.4 Å². The van der Waals surface area contributed by atoms with Crippen LogP contribution in [0.4, 0.5) is 0 Å². The average molecular weight is 351 g/mol. The smallest absolute Gasteiger partial charge is 0.0718 e. The second-order valence-corrected chi connectivity index (χ2v) is 6.04. The van der Waals surface area contributed by atoms with Crippen LogP contribution in [0.25, 0.3) is 0 Å². The van der Waals surface area contributed by atoms with Crippen LogP contribution in [-0.4, -0.2) is 21.3 Å². The van der Waals surface area contributed by atoms with E-state index >= 15 is 0 Å². The topological polar surface area (TPSA) is 42.7 Å². The molecule has 0 bridgehead atoms. The summed E-state index contributed by atoms with van der Waals surface area (Å²) in [6.07, 6.45) is 4.81. The van der Waals surface area contributed by atoms with Gasteiger partial charge in [0, 0.05) is 29.8 Å². The molecular weight excluding hydrogens is 328 g/mol. The highest BCUT2D eigenvalue weighted by Gasteiger charge is 2.18. The van der Waals surface area contributed by atoms with Crippen LogP contribution >= 0.6 is 15.9 Å². The van der Waals surface area contributed by atoms with E-state index in [1.165, 1.54) is 5.69 Å². The zero-order valence-electron chi connectivity index (χ0n) is 12.9. The molecule has 0 radical (unpaired) electrons. The minimum Gasteiger partial charge on any atom is -0.308 e. The summed E-state index contributed by atoms with van der Waals surface area (Å²) < 4.78 is 3.03. The van der Waals surface area contributed by atoms with Crippen LogP contribution in [0.2, 0.25) is 0 Å². The number of nitrogens with zero attached hydrogens (tertiary/aromatic N) is 3. The van der Waals surface area contributed by atoms with Gasteiger partial charge in [-0.2, -0.15) is 5.10 Å². The Kier molecular flexibility index (Phi) is 5.94. The maximum absolute atomic E-state index is 4.55. The van der Waals surface area contributed by atoms with E-state index in [1.54, 1.807) is 0 Å². The number of aryl methyl sites for hydroxylation is 2. The molecular formula is C16H23BrN4. The summed E-state index contributed by atoms with van der Waals surface area (Å²) in [5.41, 5.74) is 3.44. The lowest BCUT2D eigenvalue weighted by molar-refractivity contribution is 0.500. The highest BCUT2D eigenvalue weighted by molar-refractivity contribution is 9.10. The van der Waals surface area contributed by atoms with Gasteiger partial charge in [0.2, 0.25) is 0 Å². The fourth-order valence-corrected chi connectivity index (χ4v) is 2.91. The van der Waals surface area contributed by atoms with E-state index in [2.05, 4.69) is 51.2 Å². The standard InChI is InChI=1S/C16H23BrN4/c1-4-8-18-15(16-14(17)7-6-9-19-16)11-13-10-12(5-2)20-21(13)3/h6-7,9-10,15,18H,4-5,8,11H2,1-3H3. The zero-order chi connectivity index (χ0) is 15.2. The maximum Gasteiger partial charge on any atom is 0.0718 e. The minimum atomic E-state index is 0.195. The number of rotatable bonds is 7. The van der Waals surface area contributed by atoms with Gasteiger partial charge in [0.25, 0.3) is 0 Å². The van der Waals surface area contributed by atoms with E-state index < -0.39 is 0 Å². The van der Waals surface area contributed by atoms with Crippen molar-refractivity contribution >= 4 is 15.9 Å². The fourth-order valence-electron chi connectivity index (χ4n) is 2.38. The minimum absolute atomic E-state index is 0.195. The molecule has 1 N–H and O–H groups in total. The Balaban J connectivity index is 2.24. The lowest BCUT2D eigenvalue weighted by atomic mass is 10.1. The molecule has 0 saturated carbocycles. The number of halogens is 1. The molecule has 0 aliphatic rings. The molecule has 0 aromatic carbocycles. The predicted molar refractivity (Wildman–Crippen MR) is 89.3 cm³/mol. The van der Waals surface area contributed by atoms with Crippen LogP contribution < -0.4 is 5.32 Å². The monoisotopic (exact) mass is 350 g/mol. The first-order chi connectivity index (χ1) is 10.2. The Morgan fingerprint density at radius 2 is 2.19 bits per heavy atom. The molecule has 2 aromatic heterocycles. The van der Waals surface area contributed by atoms with E-state index in [0.717, 1.165) is 41.7 Å². The second-order valence-electron chi connectivity index (χ2n) is 5.19. The number of hydrogen-bond donors (Lipinski definition) is 1. The van der Waals surface area contributed by atoms with Crippen LogP contribution in [0, 0.1) is 0 Å². The fraction of sp³-hybridized carbons (Fsp3) is 0.500. The van der Waals surface area contributed by atoms with Gasteiger partial charge >= 0.3 is 0 Å². The molecule has 0 aliphatic carbocycles. The third kappa shape index (κ3) is 4.14. The van der Waals surface area contributed by atoms with Gasteiger partial charge in [0.15, 0.2) is 0 Å². The Bertz CT molecular complexity index is 579. The third-order valence-corrected chi connectivity index (χ3v) is 4.23. The van der Waals surface area contributed by atoms with Crippen LogP contribution in [-0.2, 0) is 19.9 Å². The lowest BCUT2D eigenvalue weighted by Crippen LogP contribution is -2.26. The van der Waals surface area contributed by atoms with E-state index in [4.69, 9.17) is 0 Å².